The van der Waals surface area contributed by atoms with E-state index in [4.69, 9.17) is 12.2 Å². The van der Waals surface area contributed by atoms with Crippen LogP contribution in [0.4, 0.5) is 0 Å². The first kappa shape index (κ1) is 9.42. The van der Waals surface area contributed by atoms with Crippen molar-refractivity contribution in [2.24, 2.45) is 7.05 Å². The van der Waals surface area contributed by atoms with Gasteiger partial charge in [-0.2, -0.15) is 0 Å². The molecule has 0 unspecified atom stereocenters. The Labute approximate surface area is 97.7 Å². The number of fused-ring (bicyclic) bond motifs is 1. The quantitative estimate of drug-likeness (QED) is 0.617. The number of imidazole rings is 1. The molecule has 0 aliphatic heterocycles. The Morgan fingerprint density at radius 1 is 1.25 bits per heavy atom. The molecule has 3 aromatic rings. The number of hydrogen-bond donors (Lipinski definition) is 2. The van der Waals surface area contributed by atoms with Crippen LogP contribution in [0.3, 0.4) is 0 Å². The molecule has 0 spiro atoms. The number of nitrogens with one attached hydrogen (secondary N) is 2. The lowest BCUT2D eigenvalue weighted by atomic mass is 10.1. The zero-order valence-corrected chi connectivity index (χ0v) is 9.64. The van der Waals surface area contributed by atoms with Gasteiger partial charge in [0, 0.05) is 35.9 Å². The molecule has 16 heavy (non-hydrogen) atoms. The van der Waals surface area contributed by atoms with Crippen molar-refractivity contribution in [1.29, 1.82) is 0 Å². The van der Waals surface area contributed by atoms with Gasteiger partial charge in [-0.1, -0.05) is 18.2 Å². The van der Waals surface area contributed by atoms with Gasteiger partial charge < -0.3 is 14.5 Å². The summed E-state index contributed by atoms with van der Waals surface area (Å²) < 4.78 is 2.78. The van der Waals surface area contributed by atoms with Crippen molar-refractivity contribution in [3.63, 3.8) is 0 Å². The highest BCUT2D eigenvalue weighted by atomic mass is 32.1. The SMILES string of the molecule is Cn1cc(-c2c[nH]c(=S)[nH]2)c2ccccc21. The molecule has 0 amide bonds. The average molecular weight is 229 g/mol. The Morgan fingerprint density at radius 2 is 2.06 bits per heavy atom. The Kier molecular flexibility index (Phi) is 1.97. The predicted octanol–water partition coefficient (Wildman–Crippen LogP) is 3.23. The van der Waals surface area contributed by atoms with Gasteiger partial charge in [0.15, 0.2) is 4.77 Å². The van der Waals surface area contributed by atoms with Crippen LogP contribution >= 0.6 is 12.2 Å². The summed E-state index contributed by atoms with van der Waals surface area (Å²) >= 11 is 5.04. The molecule has 0 aliphatic rings. The molecule has 0 atom stereocenters. The fourth-order valence-electron chi connectivity index (χ4n) is 2.03. The smallest absolute Gasteiger partial charge is 0.174 e. The Hall–Kier alpha value is -1.81. The van der Waals surface area contributed by atoms with E-state index in [2.05, 4.69) is 32.9 Å². The third kappa shape index (κ3) is 1.31. The van der Waals surface area contributed by atoms with Crippen LogP contribution in [-0.2, 0) is 7.05 Å². The molecule has 0 bridgehead atoms. The maximum atomic E-state index is 5.04. The predicted molar refractivity (Wildman–Crippen MR) is 67.9 cm³/mol. The van der Waals surface area contributed by atoms with E-state index >= 15 is 0 Å². The van der Waals surface area contributed by atoms with E-state index < -0.39 is 0 Å². The monoisotopic (exact) mass is 229 g/mol. The third-order valence-corrected chi connectivity index (χ3v) is 3.00. The van der Waals surface area contributed by atoms with Crippen molar-refractivity contribution in [3.8, 4) is 11.3 Å². The number of aromatic amines is 2. The molecule has 0 saturated heterocycles. The molecule has 0 aliphatic carbocycles. The summed E-state index contributed by atoms with van der Waals surface area (Å²) in [5, 5.41) is 1.23. The standard InChI is InChI=1S/C12H11N3S/c1-15-7-9(10-6-13-12(16)14-10)8-4-2-3-5-11(8)15/h2-7H,1H3,(H2,13,14,16). The van der Waals surface area contributed by atoms with Crippen LogP contribution in [0.1, 0.15) is 0 Å². The number of aromatic nitrogens is 3. The Bertz CT molecular complexity index is 702. The second-order valence-electron chi connectivity index (χ2n) is 3.83. The normalized spacial score (nSPS) is 11.1. The summed E-state index contributed by atoms with van der Waals surface area (Å²) in [5.41, 5.74) is 3.42. The summed E-state index contributed by atoms with van der Waals surface area (Å²) in [6, 6.07) is 8.33. The molecule has 4 heteroatoms. The first-order valence-corrected chi connectivity index (χ1v) is 5.48. The van der Waals surface area contributed by atoms with Crippen molar-refractivity contribution < 1.29 is 0 Å². The van der Waals surface area contributed by atoms with E-state index in [0.717, 1.165) is 5.69 Å². The summed E-state index contributed by atoms with van der Waals surface area (Å²) in [7, 11) is 2.05. The highest BCUT2D eigenvalue weighted by molar-refractivity contribution is 7.71. The van der Waals surface area contributed by atoms with Crippen LogP contribution in [0.25, 0.3) is 22.2 Å². The van der Waals surface area contributed by atoms with Gasteiger partial charge >= 0.3 is 0 Å². The van der Waals surface area contributed by atoms with Crippen molar-refractivity contribution in [2.45, 2.75) is 0 Å². The summed E-state index contributed by atoms with van der Waals surface area (Å²) in [6.45, 7) is 0. The largest absolute Gasteiger partial charge is 0.350 e. The van der Waals surface area contributed by atoms with Crippen molar-refractivity contribution >= 4 is 23.1 Å². The number of benzene rings is 1. The van der Waals surface area contributed by atoms with E-state index in [0.29, 0.717) is 4.77 Å². The van der Waals surface area contributed by atoms with Crippen LogP contribution < -0.4 is 0 Å². The molecule has 0 radical (unpaired) electrons. The van der Waals surface area contributed by atoms with Crippen molar-refractivity contribution in [3.05, 3.63) is 41.4 Å². The number of hydrogen-bond acceptors (Lipinski definition) is 1. The van der Waals surface area contributed by atoms with E-state index in [-0.39, 0.29) is 0 Å². The number of rotatable bonds is 1. The van der Waals surface area contributed by atoms with E-state index in [9.17, 15) is 0 Å². The van der Waals surface area contributed by atoms with E-state index in [1.54, 1.807) is 0 Å². The lowest BCUT2D eigenvalue weighted by molar-refractivity contribution is 0.969. The molecular formula is C12H11N3S. The Balaban J connectivity index is 2.36. The van der Waals surface area contributed by atoms with Crippen LogP contribution in [0, 0.1) is 4.77 Å². The molecule has 2 N–H and O–H groups in total. The van der Waals surface area contributed by atoms with Gasteiger partial charge in [0.1, 0.15) is 0 Å². The molecular weight excluding hydrogens is 218 g/mol. The van der Waals surface area contributed by atoms with Crippen molar-refractivity contribution in [1.82, 2.24) is 14.5 Å². The van der Waals surface area contributed by atoms with Gasteiger partial charge in [-0.3, -0.25) is 0 Å². The molecule has 2 aromatic heterocycles. The summed E-state index contributed by atoms with van der Waals surface area (Å²) in [4.78, 5) is 6.13. The van der Waals surface area contributed by atoms with Gasteiger partial charge in [-0.05, 0) is 18.3 Å². The topological polar surface area (TPSA) is 36.5 Å². The highest BCUT2D eigenvalue weighted by Crippen LogP contribution is 2.28. The number of para-hydroxylation sites is 1. The van der Waals surface area contributed by atoms with Gasteiger partial charge in [0.05, 0.1) is 5.69 Å². The number of H-pyrrole nitrogens is 2. The summed E-state index contributed by atoms with van der Waals surface area (Å²) in [6.07, 6.45) is 4.02. The van der Waals surface area contributed by atoms with Crippen LogP contribution in [0.5, 0.6) is 0 Å². The van der Waals surface area contributed by atoms with Gasteiger partial charge in [0.25, 0.3) is 0 Å². The highest BCUT2D eigenvalue weighted by Gasteiger charge is 2.08. The Morgan fingerprint density at radius 3 is 2.81 bits per heavy atom. The average Bonchev–Trinajstić information content (AvgIpc) is 2.84. The van der Waals surface area contributed by atoms with Gasteiger partial charge in [0.2, 0.25) is 0 Å². The van der Waals surface area contributed by atoms with E-state index in [1.807, 2.05) is 25.4 Å². The molecule has 1 aromatic carbocycles. The summed E-state index contributed by atoms with van der Waals surface area (Å²) in [5.74, 6) is 0. The lowest BCUT2D eigenvalue weighted by Gasteiger charge is -1.94. The van der Waals surface area contributed by atoms with Crippen molar-refractivity contribution in [2.75, 3.05) is 0 Å². The second kappa shape index (κ2) is 3.35. The fraction of sp³-hybridized carbons (Fsp3) is 0.0833. The zero-order valence-electron chi connectivity index (χ0n) is 8.82. The number of aryl methyl sites for hydroxylation is 1. The lowest BCUT2D eigenvalue weighted by Crippen LogP contribution is -1.81. The maximum Gasteiger partial charge on any atom is 0.174 e. The van der Waals surface area contributed by atoms with Gasteiger partial charge in [-0.15, -0.1) is 0 Å². The van der Waals surface area contributed by atoms with Gasteiger partial charge in [-0.25, -0.2) is 0 Å². The minimum absolute atomic E-state index is 0.655. The first-order valence-electron chi connectivity index (χ1n) is 5.08. The van der Waals surface area contributed by atoms with E-state index in [1.165, 1.54) is 16.5 Å². The minimum Gasteiger partial charge on any atom is -0.350 e. The second-order valence-corrected chi connectivity index (χ2v) is 4.24. The first-order chi connectivity index (χ1) is 7.75. The molecule has 2 heterocycles. The van der Waals surface area contributed by atoms with Crippen LogP contribution in [-0.4, -0.2) is 14.5 Å². The molecule has 0 saturated carbocycles. The molecule has 3 rings (SSSR count). The fourth-order valence-corrected chi connectivity index (χ4v) is 2.20. The zero-order chi connectivity index (χ0) is 11.1. The maximum absolute atomic E-state index is 5.04. The third-order valence-electron chi connectivity index (χ3n) is 2.78. The van der Waals surface area contributed by atoms with Crippen LogP contribution in [0.15, 0.2) is 36.7 Å². The molecule has 0 fully saturated rings. The van der Waals surface area contributed by atoms with Crippen LogP contribution in [0.2, 0.25) is 0 Å². The molecule has 3 nitrogen and oxygen atoms in total. The number of nitrogens with zero attached hydrogens (tertiary/aromatic N) is 1. The minimum atomic E-state index is 0.655. The molecule has 80 valence electrons.